The van der Waals surface area contributed by atoms with E-state index in [1.165, 1.54) is 7.11 Å². The van der Waals surface area contributed by atoms with E-state index in [0.717, 1.165) is 23.3 Å². The molecule has 35 heavy (non-hydrogen) atoms. The summed E-state index contributed by atoms with van der Waals surface area (Å²) in [6, 6.07) is 11.3. The van der Waals surface area contributed by atoms with Gasteiger partial charge in [-0.3, -0.25) is 4.79 Å². The van der Waals surface area contributed by atoms with Gasteiger partial charge in [-0.25, -0.2) is 4.99 Å². The van der Waals surface area contributed by atoms with Crippen molar-refractivity contribution in [3.8, 4) is 11.5 Å². The summed E-state index contributed by atoms with van der Waals surface area (Å²) in [5, 5.41) is 22.1. The van der Waals surface area contributed by atoms with Gasteiger partial charge in [0.05, 0.1) is 32.6 Å². The van der Waals surface area contributed by atoms with E-state index in [1.807, 2.05) is 39.8 Å². The molecule has 0 bridgehead atoms. The van der Waals surface area contributed by atoms with Crippen molar-refractivity contribution in [3.05, 3.63) is 53.1 Å². The number of nitrogens with zero attached hydrogens (tertiary/aromatic N) is 1. The van der Waals surface area contributed by atoms with Gasteiger partial charge >= 0.3 is 0 Å². The van der Waals surface area contributed by atoms with Crippen LogP contribution in [0.3, 0.4) is 0 Å². The largest absolute Gasteiger partial charge is 0.495 e. The first-order valence-electron chi connectivity index (χ1n) is 11.8. The van der Waals surface area contributed by atoms with Gasteiger partial charge in [-0.2, -0.15) is 0 Å². The van der Waals surface area contributed by atoms with Crippen molar-refractivity contribution < 1.29 is 29.2 Å². The van der Waals surface area contributed by atoms with Crippen LogP contribution in [-0.4, -0.2) is 61.1 Å². The summed E-state index contributed by atoms with van der Waals surface area (Å²) in [7, 11) is 1.53. The van der Waals surface area contributed by atoms with Crippen molar-refractivity contribution in [3.63, 3.8) is 0 Å². The summed E-state index contributed by atoms with van der Waals surface area (Å²) < 4.78 is 17.0. The van der Waals surface area contributed by atoms with Crippen molar-refractivity contribution in [2.24, 2.45) is 10.4 Å². The molecule has 190 valence electrons. The number of methoxy groups -OCH3 is 1. The highest BCUT2D eigenvalue weighted by molar-refractivity contribution is 6.00. The highest BCUT2D eigenvalue weighted by Crippen LogP contribution is 2.32. The molecule has 1 aliphatic rings. The molecule has 0 aliphatic carbocycles. The Morgan fingerprint density at radius 3 is 2.54 bits per heavy atom. The third kappa shape index (κ3) is 6.32. The van der Waals surface area contributed by atoms with Gasteiger partial charge in [-0.1, -0.05) is 26.0 Å². The molecule has 0 radical (unpaired) electrons. The van der Waals surface area contributed by atoms with Gasteiger partial charge in [0.15, 0.2) is 0 Å². The van der Waals surface area contributed by atoms with Crippen LogP contribution < -0.4 is 14.8 Å². The molecular weight excluding hydrogens is 448 g/mol. The number of nitrogens with one attached hydrogen (secondary N) is 1. The molecule has 0 atom stereocenters. The van der Waals surface area contributed by atoms with Crippen LogP contribution in [0.1, 0.15) is 43.4 Å². The molecule has 8 nitrogen and oxygen atoms in total. The van der Waals surface area contributed by atoms with Crippen molar-refractivity contribution in [2.75, 3.05) is 38.9 Å². The lowest BCUT2D eigenvalue weighted by molar-refractivity contribution is -0.124. The monoisotopic (exact) mass is 484 g/mol. The molecule has 3 rings (SSSR count). The van der Waals surface area contributed by atoms with Gasteiger partial charge in [0.25, 0.3) is 0 Å². The Morgan fingerprint density at radius 2 is 1.89 bits per heavy atom. The third-order valence-electron chi connectivity index (χ3n) is 6.26. The van der Waals surface area contributed by atoms with Crippen LogP contribution in [0.15, 0.2) is 41.4 Å². The zero-order valence-electron chi connectivity index (χ0n) is 21.2. The van der Waals surface area contributed by atoms with Crippen molar-refractivity contribution in [1.29, 1.82) is 0 Å². The van der Waals surface area contributed by atoms with Gasteiger partial charge in [0.1, 0.15) is 23.6 Å². The number of carbonyl (C=O) groups is 1. The van der Waals surface area contributed by atoms with Crippen LogP contribution in [0.2, 0.25) is 0 Å². The molecule has 0 saturated heterocycles. The number of hydrogen-bond donors (Lipinski definition) is 3. The summed E-state index contributed by atoms with van der Waals surface area (Å²) >= 11 is 0. The van der Waals surface area contributed by atoms with Crippen LogP contribution in [0.4, 0.5) is 5.69 Å². The molecule has 1 heterocycles. The summed E-state index contributed by atoms with van der Waals surface area (Å²) in [5.74, 6) is 1.53. The van der Waals surface area contributed by atoms with Gasteiger partial charge < -0.3 is 29.7 Å². The summed E-state index contributed by atoms with van der Waals surface area (Å²) in [4.78, 5) is 17.5. The fourth-order valence-corrected chi connectivity index (χ4v) is 3.75. The number of aryl methyl sites for hydroxylation is 2. The molecule has 2 aromatic rings. The fraction of sp³-hybridized carbons (Fsp3) is 0.481. The molecular formula is C27H36N2O6. The Kier molecular flexibility index (Phi) is 8.40. The average Bonchev–Trinajstić information content (AvgIpc) is 3.29. The first-order chi connectivity index (χ1) is 16.6. The molecule has 0 aromatic heterocycles. The Balaban J connectivity index is 1.65. The number of aliphatic hydroxyl groups excluding tert-OH is 2. The Bertz CT molecular complexity index is 1080. The number of benzene rings is 2. The predicted molar refractivity (Wildman–Crippen MR) is 135 cm³/mol. The number of anilines is 1. The van der Waals surface area contributed by atoms with Crippen molar-refractivity contribution >= 4 is 17.5 Å². The Morgan fingerprint density at radius 1 is 1.14 bits per heavy atom. The van der Waals surface area contributed by atoms with Crippen LogP contribution >= 0.6 is 0 Å². The molecule has 0 saturated carbocycles. The molecule has 0 fully saturated rings. The topological polar surface area (TPSA) is 110 Å². The van der Waals surface area contributed by atoms with Gasteiger partial charge in [-0.05, 0) is 62.1 Å². The second kappa shape index (κ2) is 11.1. The first kappa shape index (κ1) is 26.5. The quantitative estimate of drug-likeness (QED) is 0.420. The molecule has 0 spiro atoms. The summed E-state index contributed by atoms with van der Waals surface area (Å²) in [6.07, 6.45) is 1.36. The van der Waals surface area contributed by atoms with E-state index in [-0.39, 0.29) is 25.7 Å². The SMILES string of the molecule is COc1ccc(C2=NC(CO)(CO)CO2)cc1NC(=O)C(C)(C)CCCOc1cc(C)ccc1C. The number of ether oxygens (including phenoxy) is 3. The predicted octanol–water partition coefficient (Wildman–Crippen LogP) is 3.64. The van der Waals surface area contributed by atoms with E-state index in [4.69, 9.17) is 14.2 Å². The lowest BCUT2D eigenvalue weighted by atomic mass is 9.86. The standard InChI is InChI=1S/C27H36N2O6/c1-18-7-8-19(2)23(13-18)34-12-6-11-26(3,4)25(32)28-21-14-20(9-10-22(21)33-5)24-29-27(15-30,16-31)17-35-24/h7-10,13-14,30-31H,6,11-12,15-17H2,1-5H3,(H,28,32). The average molecular weight is 485 g/mol. The van der Waals surface area contributed by atoms with E-state index >= 15 is 0 Å². The normalized spacial score (nSPS) is 14.8. The molecule has 8 heteroatoms. The van der Waals surface area contributed by atoms with Crippen molar-refractivity contribution in [1.82, 2.24) is 0 Å². The Labute approximate surface area is 206 Å². The summed E-state index contributed by atoms with van der Waals surface area (Å²) in [6.45, 7) is 7.81. The lowest BCUT2D eigenvalue weighted by Crippen LogP contribution is -2.37. The number of rotatable bonds is 11. The number of hydrogen-bond acceptors (Lipinski definition) is 7. The number of carbonyl (C=O) groups excluding carboxylic acids is 1. The van der Waals surface area contributed by atoms with E-state index in [0.29, 0.717) is 35.9 Å². The van der Waals surface area contributed by atoms with Gasteiger partial charge in [0.2, 0.25) is 11.8 Å². The Hall–Kier alpha value is -3.10. The second-order valence-electron chi connectivity index (χ2n) is 9.72. The molecule has 2 aromatic carbocycles. The maximum atomic E-state index is 13.2. The fourth-order valence-electron chi connectivity index (χ4n) is 3.75. The number of aliphatic imine (C=N–C) groups is 1. The van der Waals surface area contributed by atoms with Crippen molar-refractivity contribution in [2.45, 2.75) is 46.1 Å². The van der Waals surface area contributed by atoms with Crippen LogP contribution in [-0.2, 0) is 9.53 Å². The minimum atomic E-state index is -1.06. The minimum absolute atomic E-state index is 0.0836. The van der Waals surface area contributed by atoms with Crippen LogP contribution in [0.5, 0.6) is 11.5 Å². The molecule has 0 unspecified atom stereocenters. The van der Waals surface area contributed by atoms with E-state index < -0.39 is 11.0 Å². The maximum absolute atomic E-state index is 13.2. The third-order valence-corrected chi connectivity index (χ3v) is 6.26. The maximum Gasteiger partial charge on any atom is 0.230 e. The zero-order valence-corrected chi connectivity index (χ0v) is 21.2. The lowest BCUT2D eigenvalue weighted by Gasteiger charge is -2.24. The van der Waals surface area contributed by atoms with Crippen LogP contribution in [0, 0.1) is 19.3 Å². The smallest absolute Gasteiger partial charge is 0.230 e. The van der Waals surface area contributed by atoms with Gasteiger partial charge in [-0.15, -0.1) is 0 Å². The second-order valence-corrected chi connectivity index (χ2v) is 9.72. The zero-order chi connectivity index (χ0) is 25.6. The number of amides is 1. The van der Waals surface area contributed by atoms with E-state index in [2.05, 4.69) is 16.4 Å². The van der Waals surface area contributed by atoms with Crippen LogP contribution in [0.25, 0.3) is 0 Å². The molecule has 1 amide bonds. The minimum Gasteiger partial charge on any atom is -0.495 e. The molecule has 1 aliphatic heterocycles. The first-order valence-corrected chi connectivity index (χ1v) is 11.8. The highest BCUT2D eigenvalue weighted by atomic mass is 16.5. The van der Waals surface area contributed by atoms with E-state index in [1.54, 1.807) is 18.2 Å². The highest BCUT2D eigenvalue weighted by Gasteiger charge is 2.36. The number of aliphatic hydroxyl groups is 2. The summed E-state index contributed by atoms with van der Waals surface area (Å²) in [5.41, 5.74) is 1.64. The molecule has 3 N–H and O–H groups in total. The van der Waals surface area contributed by atoms with E-state index in [9.17, 15) is 15.0 Å². The van der Waals surface area contributed by atoms with Gasteiger partial charge in [0, 0.05) is 11.0 Å².